The van der Waals surface area contributed by atoms with Crippen molar-refractivity contribution in [2.24, 2.45) is 5.92 Å². The summed E-state index contributed by atoms with van der Waals surface area (Å²) in [6.45, 7) is 1.85. The van der Waals surface area contributed by atoms with Crippen LogP contribution in [0.3, 0.4) is 0 Å². The molecule has 0 aromatic heterocycles. The van der Waals surface area contributed by atoms with Gasteiger partial charge >= 0.3 is 0 Å². The van der Waals surface area contributed by atoms with Gasteiger partial charge in [0.05, 0.1) is 13.2 Å². The zero-order chi connectivity index (χ0) is 19.2. The molecule has 5 heteroatoms. The number of ether oxygens (including phenoxy) is 1. The molecule has 2 atom stereocenters. The zero-order valence-corrected chi connectivity index (χ0v) is 15.8. The summed E-state index contributed by atoms with van der Waals surface area (Å²) in [6.07, 6.45) is 2.49. The van der Waals surface area contributed by atoms with Gasteiger partial charge in [-0.25, -0.2) is 0 Å². The van der Waals surface area contributed by atoms with E-state index < -0.39 is 0 Å². The van der Waals surface area contributed by atoms with Gasteiger partial charge in [-0.15, -0.1) is 0 Å². The lowest BCUT2D eigenvalue weighted by atomic mass is 10.0. The number of carbonyl (C=O) groups is 2. The molecule has 3 rings (SSSR count). The van der Waals surface area contributed by atoms with Gasteiger partial charge < -0.3 is 15.4 Å². The van der Waals surface area contributed by atoms with Crippen molar-refractivity contribution in [2.75, 3.05) is 7.11 Å². The Labute approximate surface area is 160 Å². The molecule has 2 N–H and O–H groups in total. The first-order valence-electron chi connectivity index (χ1n) is 9.36. The quantitative estimate of drug-likeness (QED) is 0.752. The van der Waals surface area contributed by atoms with Gasteiger partial charge in [0.25, 0.3) is 5.91 Å². The molecule has 27 heavy (non-hydrogen) atoms. The van der Waals surface area contributed by atoms with E-state index in [1.165, 1.54) is 0 Å². The average Bonchev–Trinajstić information content (AvgIpc) is 3.52. The highest BCUT2D eigenvalue weighted by Gasteiger charge is 2.33. The highest BCUT2D eigenvalue weighted by molar-refractivity contribution is 5.94. The Morgan fingerprint density at radius 3 is 2.30 bits per heavy atom. The van der Waals surface area contributed by atoms with Gasteiger partial charge in [0.15, 0.2) is 0 Å². The standard InChI is InChI=1S/C22H26N2O3/c1-15(23-22(26)18-6-4-3-5-7-18)14-20(25)24-21(16-8-9-16)17-10-12-19(27-2)13-11-17/h3-7,10-13,15-16,21H,8-9,14H2,1-2H3,(H,23,26)(H,24,25). The maximum atomic E-state index is 12.5. The Hall–Kier alpha value is -2.82. The summed E-state index contributed by atoms with van der Waals surface area (Å²) < 4.78 is 5.20. The van der Waals surface area contributed by atoms with Crippen LogP contribution in [0.4, 0.5) is 0 Å². The molecular formula is C22H26N2O3. The van der Waals surface area contributed by atoms with Crippen molar-refractivity contribution in [3.63, 3.8) is 0 Å². The molecule has 2 aromatic carbocycles. The maximum Gasteiger partial charge on any atom is 0.251 e. The number of hydrogen-bond donors (Lipinski definition) is 2. The van der Waals surface area contributed by atoms with E-state index >= 15 is 0 Å². The van der Waals surface area contributed by atoms with Gasteiger partial charge in [-0.05, 0) is 55.5 Å². The highest BCUT2D eigenvalue weighted by atomic mass is 16.5. The number of nitrogens with one attached hydrogen (secondary N) is 2. The summed E-state index contributed by atoms with van der Waals surface area (Å²) >= 11 is 0. The Morgan fingerprint density at radius 2 is 1.70 bits per heavy atom. The van der Waals surface area contributed by atoms with E-state index in [-0.39, 0.29) is 30.3 Å². The first kappa shape index (κ1) is 19.0. The Balaban J connectivity index is 1.55. The third-order valence-corrected chi connectivity index (χ3v) is 4.79. The third-order valence-electron chi connectivity index (χ3n) is 4.79. The second kappa shape index (κ2) is 8.71. The SMILES string of the molecule is COc1ccc(C(NC(=O)CC(C)NC(=O)c2ccccc2)C2CC2)cc1. The molecule has 0 radical (unpaired) electrons. The molecule has 0 spiro atoms. The van der Waals surface area contributed by atoms with Crippen molar-refractivity contribution in [3.8, 4) is 5.75 Å². The van der Waals surface area contributed by atoms with Crippen LogP contribution in [0.1, 0.15) is 48.1 Å². The normalized spacial score (nSPS) is 15.5. The van der Waals surface area contributed by atoms with Crippen LogP contribution in [0.15, 0.2) is 54.6 Å². The monoisotopic (exact) mass is 366 g/mol. The predicted octanol–water partition coefficient (Wildman–Crippen LogP) is 3.47. The fourth-order valence-corrected chi connectivity index (χ4v) is 3.17. The molecule has 0 bridgehead atoms. The minimum Gasteiger partial charge on any atom is -0.497 e. The molecule has 1 aliphatic carbocycles. The fraction of sp³-hybridized carbons (Fsp3) is 0.364. The van der Waals surface area contributed by atoms with Crippen molar-refractivity contribution < 1.29 is 14.3 Å². The molecule has 2 aromatic rings. The van der Waals surface area contributed by atoms with E-state index in [4.69, 9.17) is 4.74 Å². The summed E-state index contributed by atoms with van der Waals surface area (Å²) in [4.78, 5) is 24.7. The minimum atomic E-state index is -0.242. The second-order valence-corrected chi connectivity index (χ2v) is 7.10. The topological polar surface area (TPSA) is 67.4 Å². The first-order chi connectivity index (χ1) is 13.1. The number of carbonyl (C=O) groups excluding carboxylic acids is 2. The molecule has 0 heterocycles. The first-order valence-corrected chi connectivity index (χ1v) is 9.36. The van der Waals surface area contributed by atoms with Crippen molar-refractivity contribution >= 4 is 11.8 Å². The predicted molar refractivity (Wildman–Crippen MR) is 105 cm³/mol. The van der Waals surface area contributed by atoms with E-state index in [1.54, 1.807) is 19.2 Å². The van der Waals surface area contributed by atoms with Crippen LogP contribution in [0.25, 0.3) is 0 Å². The van der Waals surface area contributed by atoms with E-state index in [1.807, 2.05) is 49.4 Å². The molecular weight excluding hydrogens is 340 g/mol. The lowest BCUT2D eigenvalue weighted by Crippen LogP contribution is -2.38. The molecule has 1 fully saturated rings. The summed E-state index contributed by atoms with van der Waals surface area (Å²) in [5.74, 6) is 1.07. The molecule has 1 saturated carbocycles. The fourth-order valence-electron chi connectivity index (χ4n) is 3.17. The van der Waals surface area contributed by atoms with E-state index in [9.17, 15) is 9.59 Å². The van der Waals surface area contributed by atoms with Crippen LogP contribution < -0.4 is 15.4 Å². The molecule has 0 saturated heterocycles. The number of hydrogen-bond acceptors (Lipinski definition) is 3. The van der Waals surface area contributed by atoms with Gasteiger partial charge in [0, 0.05) is 18.0 Å². The minimum absolute atomic E-state index is 0.0143. The lowest BCUT2D eigenvalue weighted by Gasteiger charge is -2.21. The zero-order valence-electron chi connectivity index (χ0n) is 15.8. The van der Waals surface area contributed by atoms with Crippen molar-refractivity contribution in [3.05, 3.63) is 65.7 Å². The van der Waals surface area contributed by atoms with E-state index in [2.05, 4.69) is 10.6 Å². The van der Waals surface area contributed by atoms with Crippen LogP contribution in [-0.4, -0.2) is 25.0 Å². The maximum absolute atomic E-state index is 12.5. The van der Waals surface area contributed by atoms with Crippen LogP contribution >= 0.6 is 0 Å². The van der Waals surface area contributed by atoms with Crippen LogP contribution in [0.5, 0.6) is 5.75 Å². The highest BCUT2D eigenvalue weighted by Crippen LogP contribution is 2.41. The molecule has 1 aliphatic rings. The van der Waals surface area contributed by atoms with Crippen molar-refractivity contribution in [1.82, 2.24) is 10.6 Å². The Kier molecular flexibility index (Phi) is 6.12. The second-order valence-electron chi connectivity index (χ2n) is 7.10. The van der Waals surface area contributed by atoms with E-state index in [0.717, 1.165) is 24.2 Å². The van der Waals surface area contributed by atoms with Gasteiger partial charge in [0.1, 0.15) is 5.75 Å². The number of methoxy groups -OCH3 is 1. The van der Waals surface area contributed by atoms with Gasteiger partial charge in [-0.1, -0.05) is 30.3 Å². The molecule has 5 nitrogen and oxygen atoms in total. The van der Waals surface area contributed by atoms with Crippen LogP contribution in [-0.2, 0) is 4.79 Å². The molecule has 2 unspecified atom stereocenters. The molecule has 2 amide bonds. The summed E-state index contributed by atoms with van der Waals surface area (Å²) in [5.41, 5.74) is 1.69. The molecule has 142 valence electrons. The summed E-state index contributed by atoms with van der Waals surface area (Å²) in [5, 5.41) is 6.03. The third kappa shape index (κ3) is 5.33. The number of amides is 2. The van der Waals surface area contributed by atoms with E-state index in [0.29, 0.717) is 11.5 Å². The average molecular weight is 366 g/mol. The van der Waals surface area contributed by atoms with Crippen LogP contribution in [0, 0.1) is 5.92 Å². The number of benzene rings is 2. The lowest BCUT2D eigenvalue weighted by molar-refractivity contribution is -0.122. The van der Waals surface area contributed by atoms with Crippen molar-refractivity contribution in [2.45, 2.75) is 38.3 Å². The molecule has 0 aliphatic heterocycles. The largest absolute Gasteiger partial charge is 0.497 e. The smallest absolute Gasteiger partial charge is 0.251 e. The van der Waals surface area contributed by atoms with Crippen LogP contribution in [0.2, 0.25) is 0 Å². The van der Waals surface area contributed by atoms with Gasteiger partial charge in [-0.3, -0.25) is 9.59 Å². The van der Waals surface area contributed by atoms with Crippen molar-refractivity contribution in [1.29, 1.82) is 0 Å². The van der Waals surface area contributed by atoms with Gasteiger partial charge in [-0.2, -0.15) is 0 Å². The van der Waals surface area contributed by atoms with Gasteiger partial charge in [0.2, 0.25) is 5.91 Å². The Bertz CT molecular complexity index is 770. The summed E-state index contributed by atoms with van der Waals surface area (Å²) in [6, 6.07) is 16.6. The Morgan fingerprint density at radius 1 is 1.04 bits per heavy atom. The number of rotatable bonds is 8. The summed E-state index contributed by atoms with van der Waals surface area (Å²) in [7, 11) is 1.64.